The van der Waals surface area contributed by atoms with Gasteiger partial charge in [-0.15, -0.1) is 0 Å². The number of piperidine rings is 1. The molecule has 1 heterocycles. The second kappa shape index (κ2) is 7.54. The average Bonchev–Trinajstić information content (AvgIpc) is 2.36. The van der Waals surface area contributed by atoms with Gasteiger partial charge in [-0.1, -0.05) is 19.9 Å². The molecule has 0 spiro atoms. The number of ether oxygens (including phenoxy) is 1. The Hall–Kier alpha value is -0.870. The van der Waals surface area contributed by atoms with Gasteiger partial charge in [0.1, 0.15) is 0 Å². The molecular weight excluding hydrogens is 228 g/mol. The summed E-state index contributed by atoms with van der Waals surface area (Å²) in [5.74, 6) is 0.441. The molecule has 0 bridgehead atoms. The van der Waals surface area contributed by atoms with Gasteiger partial charge in [0.2, 0.25) is 0 Å². The van der Waals surface area contributed by atoms with E-state index in [0.717, 1.165) is 31.6 Å². The van der Waals surface area contributed by atoms with Crippen molar-refractivity contribution in [2.24, 2.45) is 5.92 Å². The van der Waals surface area contributed by atoms with E-state index in [1.807, 2.05) is 13.0 Å². The van der Waals surface area contributed by atoms with E-state index in [4.69, 9.17) is 4.74 Å². The molecule has 0 aromatic rings. The summed E-state index contributed by atoms with van der Waals surface area (Å²) >= 11 is 0. The maximum atomic E-state index is 11.4. The third-order valence-electron chi connectivity index (χ3n) is 3.67. The number of esters is 1. The van der Waals surface area contributed by atoms with Gasteiger partial charge >= 0.3 is 5.97 Å². The largest absolute Gasteiger partial charge is 0.466 e. The van der Waals surface area contributed by atoms with Crippen LogP contribution in [0.15, 0.2) is 11.6 Å². The predicted molar refractivity (Wildman–Crippen MR) is 73.5 cm³/mol. The molecule has 0 aromatic carbocycles. The van der Waals surface area contributed by atoms with Gasteiger partial charge in [-0.05, 0) is 32.4 Å². The molecule has 18 heavy (non-hydrogen) atoms. The standard InChI is InChI=1S/C14H26N2O2/c1-5-12(14(17)18-4)6-8-15-13-7-9-16(3)10-11(13)2/h6,11,13,15H,5,7-10H2,1-4H3. The maximum absolute atomic E-state index is 11.4. The Morgan fingerprint density at radius 1 is 1.56 bits per heavy atom. The molecule has 1 aliphatic rings. The number of likely N-dealkylation sites (tertiary alicyclic amines) is 1. The summed E-state index contributed by atoms with van der Waals surface area (Å²) in [6, 6.07) is 0.549. The van der Waals surface area contributed by atoms with E-state index in [1.54, 1.807) is 0 Å². The topological polar surface area (TPSA) is 41.6 Å². The molecule has 2 unspecified atom stereocenters. The van der Waals surface area contributed by atoms with Gasteiger partial charge in [-0.2, -0.15) is 0 Å². The third-order valence-corrected chi connectivity index (χ3v) is 3.67. The van der Waals surface area contributed by atoms with Gasteiger partial charge in [0.25, 0.3) is 0 Å². The molecule has 1 fully saturated rings. The summed E-state index contributed by atoms with van der Waals surface area (Å²) in [5.41, 5.74) is 0.755. The first-order chi connectivity index (χ1) is 8.58. The molecular formula is C14H26N2O2. The number of rotatable bonds is 5. The van der Waals surface area contributed by atoms with E-state index in [9.17, 15) is 4.79 Å². The second-order valence-electron chi connectivity index (χ2n) is 5.12. The minimum atomic E-state index is -0.212. The highest BCUT2D eigenvalue weighted by molar-refractivity contribution is 5.88. The molecule has 1 saturated heterocycles. The minimum absolute atomic E-state index is 0.212. The molecule has 1 rings (SSSR count). The molecule has 1 aliphatic heterocycles. The van der Waals surface area contributed by atoms with Crippen molar-refractivity contribution in [3.63, 3.8) is 0 Å². The quantitative estimate of drug-likeness (QED) is 0.595. The number of hydrogen-bond donors (Lipinski definition) is 1. The Morgan fingerprint density at radius 2 is 2.28 bits per heavy atom. The van der Waals surface area contributed by atoms with Crippen molar-refractivity contribution < 1.29 is 9.53 Å². The van der Waals surface area contributed by atoms with Gasteiger partial charge in [0.15, 0.2) is 0 Å². The van der Waals surface area contributed by atoms with Crippen LogP contribution >= 0.6 is 0 Å². The normalized spacial score (nSPS) is 26.1. The zero-order valence-corrected chi connectivity index (χ0v) is 12.0. The Kier molecular flexibility index (Phi) is 6.36. The Morgan fingerprint density at radius 3 is 2.83 bits per heavy atom. The lowest BCUT2D eigenvalue weighted by atomic mass is 9.94. The predicted octanol–water partition coefficient (Wildman–Crippen LogP) is 1.43. The summed E-state index contributed by atoms with van der Waals surface area (Å²) < 4.78 is 4.74. The molecule has 4 nitrogen and oxygen atoms in total. The second-order valence-corrected chi connectivity index (χ2v) is 5.12. The van der Waals surface area contributed by atoms with Crippen LogP contribution in [-0.4, -0.2) is 50.7 Å². The van der Waals surface area contributed by atoms with E-state index in [-0.39, 0.29) is 5.97 Å². The molecule has 104 valence electrons. The van der Waals surface area contributed by atoms with Crippen molar-refractivity contribution in [2.45, 2.75) is 32.7 Å². The number of nitrogens with zero attached hydrogens (tertiary/aromatic N) is 1. The molecule has 0 aromatic heterocycles. The average molecular weight is 254 g/mol. The van der Waals surface area contributed by atoms with E-state index in [0.29, 0.717) is 12.0 Å². The lowest BCUT2D eigenvalue weighted by Gasteiger charge is -2.35. The summed E-state index contributed by atoms with van der Waals surface area (Å²) in [7, 11) is 3.59. The fourth-order valence-corrected chi connectivity index (χ4v) is 2.49. The monoisotopic (exact) mass is 254 g/mol. The summed E-state index contributed by atoms with van der Waals surface area (Å²) in [6.45, 7) is 7.28. The summed E-state index contributed by atoms with van der Waals surface area (Å²) in [5, 5.41) is 3.52. The molecule has 4 heteroatoms. The van der Waals surface area contributed by atoms with Crippen LogP contribution in [0.2, 0.25) is 0 Å². The van der Waals surface area contributed by atoms with Crippen molar-refractivity contribution >= 4 is 5.97 Å². The van der Waals surface area contributed by atoms with Crippen molar-refractivity contribution in [3.8, 4) is 0 Å². The van der Waals surface area contributed by atoms with Gasteiger partial charge < -0.3 is 15.0 Å². The summed E-state index contributed by atoms with van der Waals surface area (Å²) in [4.78, 5) is 13.8. The van der Waals surface area contributed by atoms with Crippen LogP contribution in [0.5, 0.6) is 0 Å². The SMILES string of the molecule is CCC(=CCNC1CCN(C)CC1C)C(=O)OC. The van der Waals surface area contributed by atoms with Gasteiger partial charge in [0.05, 0.1) is 7.11 Å². The van der Waals surface area contributed by atoms with Crippen LogP contribution in [-0.2, 0) is 9.53 Å². The number of hydrogen-bond acceptors (Lipinski definition) is 4. The van der Waals surface area contributed by atoms with Gasteiger partial charge in [-0.3, -0.25) is 0 Å². The highest BCUT2D eigenvalue weighted by Crippen LogP contribution is 2.15. The molecule has 0 aliphatic carbocycles. The van der Waals surface area contributed by atoms with Gasteiger partial charge in [0, 0.05) is 24.7 Å². The number of carbonyl (C=O) groups excluding carboxylic acids is 1. The van der Waals surface area contributed by atoms with E-state index in [1.165, 1.54) is 13.5 Å². The maximum Gasteiger partial charge on any atom is 0.333 e. The van der Waals surface area contributed by atoms with Crippen LogP contribution in [0.25, 0.3) is 0 Å². The van der Waals surface area contributed by atoms with Crippen LogP contribution in [0.1, 0.15) is 26.7 Å². The molecule has 0 amide bonds. The molecule has 2 atom stereocenters. The highest BCUT2D eigenvalue weighted by atomic mass is 16.5. The number of methoxy groups -OCH3 is 1. The first kappa shape index (κ1) is 15.2. The van der Waals surface area contributed by atoms with E-state index < -0.39 is 0 Å². The Bertz CT molecular complexity index is 302. The van der Waals surface area contributed by atoms with Crippen molar-refractivity contribution in [1.29, 1.82) is 0 Å². The molecule has 1 N–H and O–H groups in total. The van der Waals surface area contributed by atoms with Crippen LogP contribution < -0.4 is 5.32 Å². The third kappa shape index (κ3) is 4.42. The first-order valence-corrected chi connectivity index (χ1v) is 6.77. The van der Waals surface area contributed by atoms with Gasteiger partial charge in [-0.25, -0.2) is 4.79 Å². The smallest absolute Gasteiger partial charge is 0.333 e. The number of carbonyl (C=O) groups is 1. The summed E-state index contributed by atoms with van der Waals surface area (Å²) in [6.07, 6.45) is 3.85. The number of nitrogens with one attached hydrogen (secondary N) is 1. The molecule has 0 radical (unpaired) electrons. The fraction of sp³-hybridized carbons (Fsp3) is 0.786. The lowest BCUT2D eigenvalue weighted by molar-refractivity contribution is -0.136. The Balaban J connectivity index is 2.40. The zero-order valence-electron chi connectivity index (χ0n) is 12.0. The molecule has 0 saturated carbocycles. The minimum Gasteiger partial charge on any atom is -0.466 e. The highest BCUT2D eigenvalue weighted by Gasteiger charge is 2.23. The lowest BCUT2D eigenvalue weighted by Crippen LogP contribution is -2.47. The van der Waals surface area contributed by atoms with E-state index in [2.05, 4.69) is 24.2 Å². The van der Waals surface area contributed by atoms with Crippen LogP contribution in [0.3, 0.4) is 0 Å². The van der Waals surface area contributed by atoms with Crippen molar-refractivity contribution in [3.05, 3.63) is 11.6 Å². The zero-order chi connectivity index (χ0) is 13.5. The first-order valence-electron chi connectivity index (χ1n) is 6.77. The van der Waals surface area contributed by atoms with Crippen LogP contribution in [0, 0.1) is 5.92 Å². The van der Waals surface area contributed by atoms with Crippen molar-refractivity contribution in [2.75, 3.05) is 33.8 Å². The van der Waals surface area contributed by atoms with E-state index >= 15 is 0 Å². The van der Waals surface area contributed by atoms with Crippen molar-refractivity contribution in [1.82, 2.24) is 10.2 Å². The fourth-order valence-electron chi connectivity index (χ4n) is 2.49. The van der Waals surface area contributed by atoms with Crippen LogP contribution in [0.4, 0.5) is 0 Å². The Labute approximate surface area is 110 Å².